The zero-order chi connectivity index (χ0) is 17.7. The van der Waals surface area contributed by atoms with E-state index in [9.17, 15) is 23.3 Å². The highest BCUT2D eigenvalue weighted by molar-refractivity contribution is 7.89. The Labute approximate surface area is 138 Å². The molecule has 0 bridgehead atoms. The predicted octanol–water partition coefficient (Wildman–Crippen LogP) is 1.86. The van der Waals surface area contributed by atoms with Crippen molar-refractivity contribution < 1.29 is 22.9 Å². The van der Waals surface area contributed by atoms with E-state index in [4.69, 9.17) is 4.74 Å². The molecule has 8 nitrogen and oxygen atoms in total. The first kappa shape index (κ1) is 17.4. The highest BCUT2D eigenvalue weighted by Crippen LogP contribution is 2.14. The second-order valence-electron chi connectivity index (χ2n) is 4.84. The predicted molar refractivity (Wildman–Crippen MR) is 86.2 cm³/mol. The number of hydrogen-bond donors (Lipinski definition) is 1. The van der Waals surface area contributed by atoms with Crippen molar-refractivity contribution in [2.24, 2.45) is 0 Å². The number of benzene rings is 2. The van der Waals surface area contributed by atoms with Crippen LogP contribution in [0.15, 0.2) is 48.5 Å². The van der Waals surface area contributed by atoms with Crippen LogP contribution in [0.5, 0.6) is 5.75 Å². The van der Waals surface area contributed by atoms with Crippen molar-refractivity contribution in [2.45, 2.75) is 5.75 Å². The quantitative estimate of drug-likeness (QED) is 0.628. The molecule has 0 aliphatic heterocycles. The van der Waals surface area contributed by atoms with Crippen molar-refractivity contribution in [3.05, 3.63) is 69.8 Å². The molecule has 1 N–H and O–H groups in total. The van der Waals surface area contributed by atoms with Crippen molar-refractivity contribution in [3.63, 3.8) is 0 Å². The largest absolute Gasteiger partial charge is 0.497 e. The lowest BCUT2D eigenvalue weighted by Gasteiger charge is -2.07. The second kappa shape index (κ2) is 7.09. The third-order valence-electron chi connectivity index (χ3n) is 3.10. The van der Waals surface area contributed by atoms with Crippen LogP contribution in [-0.4, -0.2) is 26.4 Å². The molecule has 0 aromatic heterocycles. The number of nitrogens with zero attached hydrogens (tertiary/aromatic N) is 1. The topological polar surface area (TPSA) is 116 Å². The molecule has 0 saturated heterocycles. The molecule has 0 aliphatic rings. The van der Waals surface area contributed by atoms with Crippen LogP contribution >= 0.6 is 0 Å². The average Bonchev–Trinajstić information content (AvgIpc) is 2.54. The van der Waals surface area contributed by atoms with Gasteiger partial charge in [0.15, 0.2) is 0 Å². The van der Waals surface area contributed by atoms with E-state index in [0.29, 0.717) is 11.3 Å². The van der Waals surface area contributed by atoms with Crippen LogP contribution in [0.25, 0.3) is 0 Å². The maximum atomic E-state index is 12.0. The van der Waals surface area contributed by atoms with Crippen LogP contribution in [0.3, 0.4) is 0 Å². The Bertz CT molecular complexity index is 845. The highest BCUT2D eigenvalue weighted by Gasteiger charge is 2.17. The van der Waals surface area contributed by atoms with Gasteiger partial charge in [-0.15, -0.1) is 0 Å². The van der Waals surface area contributed by atoms with E-state index in [1.165, 1.54) is 19.2 Å². The summed E-state index contributed by atoms with van der Waals surface area (Å²) in [6.07, 6.45) is 0. The standard InChI is InChI=1S/C15H14N2O6S/c1-23-14-8-2-11(3-9-14)10-24(21,22)16-15(18)12-4-6-13(7-5-12)17(19)20/h2-9H,10H2,1H3,(H,16,18). The summed E-state index contributed by atoms with van der Waals surface area (Å²) in [6.45, 7) is 0. The van der Waals surface area contributed by atoms with E-state index in [1.54, 1.807) is 24.3 Å². The summed E-state index contributed by atoms with van der Waals surface area (Å²) in [5.41, 5.74) is 0.311. The van der Waals surface area contributed by atoms with E-state index in [0.717, 1.165) is 12.1 Å². The Morgan fingerprint density at radius 2 is 1.71 bits per heavy atom. The van der Waals surface area contributed by atoms with E-state index >= 15 is 0 Å². The molecule has 1 amide bonds. The molecule has 0 atom stereocenters. The monoisotopic (exact) mass is 350 g/mol. The maximum absolute atomic E-state index is 12.0. The summed E-state index contributed by atoms with van der Waals surface area (Å²) < 4.78 is 31.0. The van der Waals surface area contributed by atoms with Gasteiger partial charge in [0.05, 0.1) is 17.8 Å². The number of nitrogens with one attached hydrogen (secondary N) is 1. The van der Waals surface area contributed by atoms with Crippen LogP contribution in [0.2, 0.25) is 0 Å². The van der Waals surface area contributed by atoms with Gasteiger partial charge in [-0.3, -0.25) is 14.9 Å². The highest BCUT2D eigenvalue weighted by atomic mass is 32.2. The third kappa shape index (κ3) is 4.53. The van der Waals surface area contributed by atoms with Gasteiger partial charge in [-0.25, -0.2) is 13.1 Å². The van der Waals surface area contributed by atoms with Crippen LogP contribution in [-0.2, 0) is 15.8 Å². The van der Waals surface area contributed by atoms with Gasteiger partial charge in [0.2, 0.25) is 10.0 Å². The van der Waals surface area contributed by atoms with Crippen LogP contribution in [0.1, 0.15) is 15.9 Å². The number of carbonyl (C=O) groups excluding carboxylic acids is 1. The third-order valence-corrected chi connectivity index (χ3v) is 4.31. The van der Waals surface area contributed by atoms with E-state index in [2.05, 4.69) is 0 Å². The summed E-state index contributed by atoms with van der Waals surface area (Å²) in [5.74, 6) is -0.639. The number of sulfonamides is 1. The average molecular weight is 350 g/mol. The lowest BCUT2D eigenvalue weighted by atomic mass is 10.2. The van der Waals surface area contributed by atoms with Crippen molar-refractivity contribution in [1.29, 1.82) is 0 Å². The molecule has 9 heteroatoms. The summed E-state index contributed by atoms with van der Waals surface area (Å²) >= 11 is 0. The van der Waals surface area contributed by atoms with E-state index in [-0.39, 0.29) is 17.0 Å². The normalized spacial score (nSPS) is 10.9. The van der Waals surface area contributed by atoms with Crippen molar-refractivity contribution >= 4 is 21.6 Å². The number of methoxy groups -OCH3 is 1. The number of carbonyl (C=O) groups is 1. The Morgan fingerprint density at radius 1 is 1.12 bits per heavy atom. The smallest absolute Gasteiger partial charge is 0.269 e. The SMILES string of the molecule is COc1ccc(CS(=O)(=O)NC(=O)c2ccc([N+](=O)[O-])cc2)cc1. The number of amides is 1. The van der Waals surface area contributed by atoms with Crippen LogP contribution in [0.4, 0.5) is 5.69 Å². The zero-order valence-corrected chi connectivity index (χ0v) is 13.4. The van der Waals surface area contributed by atoms with Gasteiger partial charge in [0, 0.05) is 17.7 Å². The van der Waals surface area contributed by atoms with Crippen LogP contribution in [0, 0.1) is 10.1 Å². The summed E-state index contributed by atoms with van der Waals surface area (Å²) in [7, 11) is -2.41. The molecule has 0 radical (unpaired) electrons. The molecule has 0 fully saturated rings. The molecular weight excluding hydrogens is 336 g/mol. The van der Waals surface area contributed by atoms with E-state index < -0.39 is 20.9 Å². The molecule has 0 spiro atoms. The van der Waals surface area contributed by atoms with Crippen molar-refractivity contribution in [3.8, 4) is 5.75 Å². The van der Waals surface area contributed by atoms with Crippen molar-refractivity contribution in [2.75, 3.05) is 7.11 Å². The van der Waals surface area contributed by atoms with Crippen LogP contribution < -0.4 is 9.46 Å². The Morgan fingerprint density at radius 3 is 2.21 bits per heavy atom. The Hall–Kier alpha value is -2.94. The molecule has 0 unspecified atom stereocenters. The Kier molecular flexibility index (Phi) is 5.14. The summed E-state index contributed by atoms with van der Waals surface area (Å²) in [6, 6.07) is 11.0. The van der Waals surface area contributed by atoms with Gasteiger partial charge in [0.1, 0.15) is 5.75 Å². The first-order valence-electron chi connectivity index (χ1n) is 6.73. The Balaban J connectivity index is 2.07. The molecule has 126 valence electrons. The number of nitro benzene ring substituents is 1. The molecule has 2 rings (SSSR count). The fourth-order valence-electron chi connectivity index (χ4n) is 1.91. The van der Waals surface area contributed by atoms with E-state index in [1.807, 2.05) is 4.72 Å². The second-order valence-corrected chi connectivity index (χ2v) is 6.56. The van der Waals surface area contributed by atoms with Gasteiger partial charge in [-0.1, -0.05) is 12.1 Å². The molecule has 0 aliphatic carbocycles. The number of ether oxygens (including phenoxy) is 1. The minimum Gasteiger partial charge on any atom is -0.497 e. The minimum absolute atomic E-state index is 0.0129. The van der Waals surface area contributed by atoms with Gasteiger partial charge in [0.25, 0.3) is 11.6 Å². The molecule has 0 heterocycles. The fraction of sp³-hybridized carbons (Fsp3) is 0.133. The maximum Gasteiger partial charge on any atom is 0.269 e. The molecule has 24 heavy (non-hydrogen) atoms. The number of rotatable bonds is 6. The van der Waals surface area contributed by atoms with Crippen molar-refractivity contribution in [1.82, 2.24) is 4.72 Å². The van der Waals surface area contributed by atoms with Gasteiger partial charge >= 0.3 is 0 Å². The van der Waals surface area contributed by atoms with Gasteiger partial charge in [-0.2, -0.15) is 0 Å². The van der Waals surface area contributed by atoms with Gasteiger partial charge < -0.3 is 4.74 Å². The number of nitro groups is 1. The zero-order valence-electron chi connectivity index (χ0n) is 12.6. The van der Waals surface area contributed by atoms with Gasteiger partial charge in [-0.05, 0) is 29.8 Å². The molecule has 2 aromatic rings. The lowest BCUT2D eigenvalue weighted by molar-refractivity contribution is -0.384. The first-order chi connectivity index (χ1) is 11.3. The number of hydrogen-bond acceptors (Lipinski definition) is 6. The molecule has 2 aromatic carbocycles. The molecular formula is C15H14N2O6S. The number of non-ortho nitro benzene ring substituents is 1. The molecule has 0 saturated carbocycles. The minimum atomic E-state index is -3.90. The summed E-state index contributed by atoms with van der Waals surface area (Å²) in [5, 5.41) is 10.6. The lowest BCUT2D eigenvalue weighted by Crippen LogP contribution is -2.31. The first-order valence-corrected chi connectivity index (χ1v) is 8.38. The summed E-state index contributed by atoms with van der Waals surface area (Å²) in [4.78, 5) is 21.9. The fourth-order valence-corrected chi connectivity index (χ4v) is 3.02.